The summed E-state index contributed by atoms with van der Waals surface area (Å²) in [4.78, 5) is 2.41. The molecule has 2 N–H and O–H groups in total. The first kappa shape index (κ1) is 13.9. The third-order valence-electron chi connectivity index (χ3n) is 2.61. The fourth-order valence-corrected chi connectivity index (χ4v) is 1.72. The van der Waals surface area contributed by atoms with Crippen LogP contribution in [0.2, 0.25) is 0 Å². The fraction of sp³-hybridized carbons (Fsp3) is 1.00. The molecule has 0 aromatic carbocycles. The Morgan fingerprint density at radius 1 is 1.29 bits per heavy atom. The molecule has 0 radical (unpaired) electrons. The third-order valence-corrected chi connectivity index (χ3v) is 2.61. The first-order valence-corrected chi connectivity index (χ1v) is 5.81. The Hall–Kier alpha value is -0.0800. The third kappa shape index (κ3) is 6.39. The summed E-state index contributed by atoms with van der Waals surface area (Å²) in [5.74, 6) is 0. The van der Waals surface area contributed by atoms with Gasteiger partial charge in [-0.3, -0.25) is 0 Å². The zero-order valence-corrected chi connectivity index (χ0v) is 10.6. The summed E-state index contributed by atoms with van der Waals surface area (Å²) in [6.45, 7) is 11.0. The lowest BCUT2D eigenvalue weighted by atomic mass is 9.87. The molecule has 2 nitrogen and oxygen atoms in total. The highest BCUT2D eigenvalue weighted by molar-refractivity contribution is 4.76. The van der Waals surface area contributed by atoms with E-state index in [0.717, 1.165) is 6.54 Å². The van der Waals surface area contributed by atoms with Gasteiger partial charge < -0.3 is 10.6 Å². The first-order valence-electron chi connectivity index (χ1n) is 5.81. The molecule has 0 saturated carbocycles. The monoisotopic (exact) mass is 200 g/mol. The second-order valence-electron chi connectivity index (χ2n) is 5.49. The zero-order chi connectivity index (χ0) is 11.2. The van der Waals surface area contributed by atoms with Crippen LogP contribution in [0.3, 0.4) is 0 Å². The Labute approximate surface area is 89.9 Å². The van der Waals surface area contributed by atoms with Crippen LogP contribution in [0.15, 0.2) is 0 Å². The van der Waals surface area contributed by atoms with Gasteiger partial charge in [0, 0.05) is 12.6 Å². The summed E-state index contributed by atoms with van der Waals surface area (Å²) in [5.41, 5.74) is 6.19. The van der Waals surface area contributed by atoms with E-state index in [1.165, 1.54) is 25.8 Å². The molecule has 0 spiro atoms. The van der Waals surface area contributed by atoms with Gasteiger partial charge in [0.15, 0.2) is 0 Å². The van der Waals surface area contributed by atoms with Gasteiger partial charge in [-0.25, -0.2) is 0 Å². The zero-order valence-electron chi connectivity index (χ0n) is 10.6. The van der Waals surface area contributed by atoms with Crippen molar-refractivity contribution in [3.63, 3.8) is 0 Å². The van der Waals surface area contributed by atoms with E-state index < -0.39 is 0 Å². The molecule has 0 saturated heterocycles. The van der Waals surface area contributed by atoms with E-state index in [9.17, 15) is 0 Å². The Kier molecular flexibility index (Phi) is 6.38. The Morgan fingerprint density at radius 3 is 2.21 bits per heavy atom. The summed E-state index contributed by atoms with van der Waals surface area (Å²) >= 11 is 0. The maximum atomic E-state index is 5.81. The maximum Gasteiger partial charge on any atom is 0.0220 e. The second kappa shape index (κ2) is 6.41. The number of hydrogen-bond acceptors (Lipinski definition) is 2. The molecule has 0 heterocycles. The van der Waals surface area contributed by atoms with Crippen LogP contribution in [0.4, 0.5) is 0 Å². The highest BCUT2D eigenvalue weighted by Gasteiger charge is 2.20. The van der Waals surface area contributed by atoms with Crippen LogP contribution < -0.4 is 5.73 Å². The largest absolute Gasteiger partial charge is 0.329 e. The van der Waals surface area contributed by atoms with Crippen molar-refractivity contribution in [3.8, 4) is 0 Å². The molecule has 0 aliphatic rings. The summed E-state index contributed by atoms with van der Waals surface area (Å²) < 4.78 is 0. The Balaban J connectivity index is 3.99. The normalized spacial score (nSPS) is 14.8. The van der Waals surface area contributed by atoms with Crippen molar-refractivity contribution in [1.29, 1.82) is 0 Å². The van der Waals surface area contributed by atoms with Gasteiger partial charge in [-0.1, -0.05) is 34.1 Å². The van der Waals surface area contributed by atoms with Crippen LogP contribution in [0, 0.1) is 5.41 Å². The molecule has 0 aromatic rings. The van der Waals surface area contributed by atoms with Crippen LogP contribution in [0.1, 0.15) is 47.0 Å². The molecule has 0 amide bonds. The molecule has 1 unspecified atom stereocenters. The predicted molar refractivity (Wildman–Crippen MR) is 64.5 cm³/mol. The summed E-state index contributed by atoms with van der Waals surface area (Å²) in [6, 6.07) is 0.543. The van der Waals surface area contributed by atoms with E-state index in [4.69, 9.17) is 5.73 Å². The quantitative estimate of drug-likeness (QED) is 0.714. The standard InChI is InChI=1S/C12H28N2/c1-6-7-8-14(5)11(10-13)9-12(2,3)4/h11H,6-10,13H2,1-5H3. The lowest BCUT2D eigenvalue weighted by Gasteiger charge is -2.32. The van der Waals surface area contributed by atoms with Gasteiger partial charge in [-0.2, -0.15) is 0 Å². The van der Waals surface area contributed by atoms with Crippen molar-refractivity contribution < 1.29 is 0 Å². The van der Waals surface area contributed by atoms with E-state index >= 15 is 0 Å². The molecule has 0 aromatic heterocycles. The van der Waals surface area contributed by atoms with E-state index in [0.29, 0.717) is 11.5 Å². The van der Waals surface area contributed by atoms with E-state index in [1.807, 2.05) is 0 Å². The van der Waals surface area contributed by atoms with Gasteiger partial charge in [-0.05, 0) is 31.8 Å². The van der Waals surface area contributed by atoms with E-state index in [1.54, 1.807) is 0 Å². The number of unbranched alkanes of at least 4 members (excludes halogenated alkanes) is 1. The predicted octanol–water partition coefficient (Wildman–Crippen LogP) is 2.48. The van der Waals surface area contributed by atoms with Crippen molar-refractivity contribution in [2.45, 2.75) is 53.0 Å². The van der Waals surface area contributed by atoms with E-state index in [-0.39, 0.29) is 0 Å². The van der Waals surface area contributed by atoms with Gasteiger partial charge >= 0.3 is 0 Å². The van der Waals surface area contributed by atoms with Gasteiger partial charge in [0.25, 0.3) is 0 Å². The average molecular weight is 200 g/mol. The van der Waals surface area contributed by atoms with Gasteiger partial charge in [0.2, 0.25) is 0 Å². The number of hydrogen-bond donors (Lipinski definition) is 1. The molecule has 0 rings (SSSR count). The summed E-state index contributed by atoms with van der Waals surface area (Å²) in [6.07, 6.45) is 3.72. The van der Waals surface area contributed by atoms with Gasteiger partial charge in [-0.15, -0.1) is 0 Å². The molecule has 2 heteroatoms. The van der Waals surface area contributed by atoms with Crippen LogP contribution in [0.25, 0.3) is 0 Å². The number of nitrogens with zero attached hydrogens (tertiary/aromatic N) is 1. The lowest BCUT2D eigenvalue weighted by Crippen LogP contribution is -2.40. The molecule has 0 aliphatic heterocycles. The minimum atomic E-state index is 0.379. The molecular formula is C12H28N2. The van der Waals surface area contributed by atoms with Crippen molar-refractivity contribution in [1.82, 2.24) is 4.90 Å². The molecule has 0 bridgehead atoms. The first-order chi connectivity index (χ1) is 6.40. The minimum absolute atomic E-state index is 0.379. The minimum Gasteiger partial charge on any atom is -0.329 e. The molecule has 14 heavy (non-hydrogen) atoms. The maximum absolute atomic E-state index is 5.81. The highest BCUT2D eigenvalue weighted by Crippen LogP contribution is 2.22. The van der Waals surface area contributed by atoms with Crippen molar-refractivity contribution in [3.05, 3.63) is 0 Å². The Morgan fingerprint density at radius 2 is 1.86 bits per heavy atom. The SMILES string of the molecule is CCCCN(C)C(CN)CC(C)(C)C. The van der Waals surface area contributed by atoms with Crippen LogP contribution >= 0.6 is 0 Å². The second-order valence-corrected chi connectivity index (χ2v) is 5.49. The molecule has 1 atom stereocenters. The number of likely N-dealkylation sites (N-methyl/N-ethyl adjacent to an activating group) is 1. The molecule has 86 valence electrons. The van der Waals surface area contributed by atoms with Gasteiger partial charge in [0.1, 0.15) is 0 Å². The van der Waals surface area contributed by atoms with Crippen LogP contribution in [0.5, 0.6) is 0 Å². The van der Waals surface area contributed by atoms with Crippen LogP contribution in [-0.4, -0.2) is 31.1 Å². The highest BCUT2D eigenvalue weighted by atomic mass is 15.1. The van der Waals surface area contributed by atoms with Crippen molar-refractivity contribution in [2.75, 3.05) is 20.1 Å². The summed E-state index contributed by atoms with van der Waals surface area (Å²) in [7, 11) is 2.19. The van der Waals surface area contributed by atoms with Crippen LogP contribution in [-0.2, 0) is 0 Å². The molecule has 0 fully saturated rings. The Bertz CT molecular complexity index is 138. The van der Waals surface area contributed by atoms with E-state index in [2.05, 4.69) is 39.6 Å². The lowest BCUT2D eigenvalue weighted by molar-refractivity contribution is 0.182. The van der Waals surface area contributed by atoms with Crippen molar-refractivity contribution >= 4 is 0 Å². The molecule has 0 aliphatic carbocycles. The fourth-order valence-electron chi connectivity index (χ4n) is 1.72. The topological polar surface area (TPSA) is 29.3 Å². The number of rotatable bonds is 6. The average Bonchev–Trinajstić information content (AvgIpc) is 2.08. The van der Waals surface area contributed by atoms with Gasteiger partial charge in [0.05, 0.1) is 0 Å². The number of nitrogens with two attached hydrogens (primary N) is 1. The summed E-state index contributed by atoms with van der Waals surface area (Å²) in [5, 5.41) is 0. The van der Waals surface area contributed by atoms with Crippen molar-refractivity contribution in [2.24, 2.45) is 11.1 Å². The smallest absolute Gasteiger partial charge is 0.0220 e. The molecular weight excluding hydrogens is 172 g/mol.